The summed E-state index contributed by atoms with van der Waals surface area (Å²) in [6, 6.07) is 0. The molecule has 16 heavy (non-hydrogen) atoms. The Kier molecular flexibility index (Phi) is 4.96. The Hall–Kier alpha value is -0.870. The van der Waals surface area contributed by atoms with E-state index < -0.39 is 5.60 Å². The van der Waals surface area contributed by atoms with Gasteiger partial charge in [0.1, 0.15) is 0 Å². The van der Waals surface area contributed by atoms with Gasteiger partial charge in [-0.25, -0.2) is 4.79 Å². The summed E-state index contributed by atoms with van der Waals surface area (Å²) in [6.07, 6.45) is 3.84. The van der Waals surface area contributed by atoms with Crippen molar-refractivity contribution >= 4 is 5.97 Å². The van der Waals surface area contributed by atoms with E-state index in [1.54, 1.807) is 6.92 Å². The quantitative estimate of drug-likeness (QED) is 0.525. The molecule has 1 aliphatic carbocycles. The first kappa shape index (κ1) is 13.2. The Balaban J connectivity index is 2.19. The van der Waals surface area contributed by atoms with Crippen LogP contribution in [0.25, 0.3) is 0 Å². The molecular weight excluding hydrogens is 206 g/mol. The van der Waals surface area contributed by atoms with Gasteiger partial charge in [0.25, 0.3) is 0 Å². The van der Waals surface area contributed by atoms with Crippen molar-refractivity contribution in [2.75, 3.05) is 19.7 Å². The number of hydrogen-bond acceptors (Lipinski definition) is 4. The molecule has 1 aliphatic rings. The van der Waals surface area contributed by atoms with E-state index in [0.29, 0.717) is 25.3 Å². The lowest BCUT2D eigenvalue weighted by Gasteiger charge is -2.22. The Morgan fingerprint density at radius 1 is 1.50 bits per heavy atom. The molecule has 1 rings (SSSR count). The van der Waals surface area contributed by atoms with Gasteiger partial charge in [-0.3, -0.25) is 0 Å². The van der Waals surface area contributed by atoms with Crippen LogP contribution >= 0.6 is 0 Å². The summed E-state index contributed by atoms with van der Waals surface area (Å²) < 4.78 is 4.81. The molecule has 4 heteroatoms. The predicted molar refractivity (Wildman–Crippen MR) is 62.1 cm³/mol. The van der Waals surface area contributed by atoms with Gasteiger partial charge in [-0.1, -0.05) is 19.4 Å². The van der Waals surface area contributed by atoms with E-state index in [2.05, 4.69) is 11.9 Å². The summed E-state index contributed by atoms with van der Waals surface area (Å²) in [7, 11) is 0. The van der Waals surface area contributed by atoms with Crippen LogP contribution in [-0.2, 0) is 9.53 Å². The number of rotatable bonds is 6. The molecule has 0 spiro atoms. The zero-order valence-electron chi connectivity index (χ0n) is 9.92. The average Bonchev–Trinajstić information content (AvgIpc) is 2.65. The highest BCUT2D eigenvalue weighted by atomic mass is 16.5. The molecule has 0 unspecified atom stereocenters. The molecule has 4 nitrogen and oxygen atoms in total. The van der Waals surface area contributed by atoms with Crippen molar-refractivity contribution < 1.29 is 14.6 Å². The van der Waals surface area contributed by atoms with Crippen molar-refractivity contribution in [3.8, 4) is 0 Å². The Labute approximate surface area is 96.7 Å². The van der Waals surface area contributed by atoms with Crippen LogP contribution in [0.1, 0.15) is 32.6 Å². The maximum Gasteiger partial charge on any atom is 0.334 e. The van der Waals surface area contributed by atoms with Crippen LogP contribution in [0.4, 0.5) is 0 Å². The first-order valence-electron chi connectivity index (χ1n) is 5.85. The first-order valence-corrected chi connectivity index (χ1v) is 5.85. The third-order valence-electron chi connectivity index (χ3n) is 2.89. The number of esters is 1. The van der Waals surface area contributed by atoms with Gasteiger partial charge in [0, 0.05) is 18.7 Å². The minimum absolute atomic E-state index is 0.363. The van der Waals surface area contributed by atoms with Gasteiger partial charge >= 0.3 is 5.97 Å². The molecule has 2 N–H and O–H groups in total. The van der Waals surface area contributed by atoms with Crippen molar-refractivity contribution in [1.29, 1.82) is 0 Å². The highest BCUT2D eigenvalue weighted by Crippen LogP contribution is 2.28. The molecule has 0 bridgehead atoms. The molecule has 0 heterocycles. The minimum atomic E-state index is -0.588. The van der Waals surface area contributed by atoms with Crippen molar-refractivity contribution in [1.82, 2.24) is 5.32 Å². The fourth-order valence-corrected chi connectivity index (χ4v) is 1.96. The zero-order chi connectivity index (χ0) is 12.0. The van der Waals surface area contributed by atoms with Crippen LogP contribution in [0, 0.1) is 0 Å². The second-order valence-corrected chi connectivity index (χ2v) is 4.36. The smallest absolute Gasteiger partial charge is 0.334 e. The molecule has 0 radical (unpaired) electrons. The van der Waals surface area contributed by atoms with Crippen LogP contribution < -0.4 is 5.32 Å². The molecule has 0 aromatic carbocycles. The fraction of sp³-hybridized carbons (Fsp3) is 0.750. The van der Waals surface area contributed by atoms with Crippen molar-refractivity contribution in [3.05, 3.63) is 12.2 Å². The molecule has 0 aliphatic heterocycles. The highest BCUT2D eigenvalue weighted by Gasteiger charge is 2.30. The van der Waals surface area contributed by atoms with E-state index in [4.69, 9.17) is 4.74 Å². The summed E-state index contributed by atoms with van der Waals surface area (Å²) in [5, 5.41) is 13.1. The van der Waals surface area contributed by atoms with Crippen molar-refractivity contribution in [3.63, 3.8) is 0 Å². The SMILES string of the molecule is C=C(CNCC1(O)CCCC1)C(=O)OCC. The first-order chi connectivity index (χ1) is 7.57. The lowest BCUT2D eigenvalue weighted by Crippen LogP contribution is -2.39. The van der Waals surface area contributed by atoms with Crippen molar-refractivity contribution in [2.24, 2.45) is 0 Å². The average molecular weight is 227 g/mol. The topological polar surface area (TPSA) is 58.6 Å². The standard InChI is InChI=1S/C12H21NO3/c1-3-16-11(14)10(2)8-13-9-12(15)6-4-5-7-12/h13,15H,2-9H2,1H3. The molecular formula is C12H21NO3. The maximum absolute atomic E-state index is 11.2. The van der Waals surface area contributed by atoms with Crippen LogP contribution in [0.15, 0.2) is 12.2 Å². The minimum Gasteiger partial charge on any atom is -0.463 e. The molecule has 92 valence electrons. The highest BCUT2D eigenvalue weighted by molar-refractivity contribution is 5.88. The van der Waals surface area contributed by atoms with Gasteiger partial charge in [-0.2, -0.15) is 0 Å². The summed E-state index contributed by atoms with van der Waals surface area (Å²) in [5.41, 5.74) is -0.182. The van der Waals surface area contributed by atoms with Crippen LogP contribution in [-0.4, -0.2) is 36.4 Å². The number of aliphatic hydroxyl groups is 1. The summed E-state index contributed by atoms with van der Waals surface area (Å²) >= 11 is 0. The van der Waals surface area contributed by atoms with E-state index in [9.17, 15) is 9.90 Å². The van der Waals surface area contributed by atoms with E-state index in [1.807, 2.05) is 0 Å². The zero-order valence-corrected chi connectivity index (χ0v) is 9.92. The third-order valence-corrected chi connectivity index (χ3v) is 2.89. The van der Waals surface area contributed by atoms with Crippen LogP contribution in [0.2, 0.25) is 0 Å². The lowest BCUT2D eigenvalue weighted by atomic mass is 10.0. The van der Waals surface area contributed by atoms with Crippen LogP contribution in [0.3, 0.4) is 0 Å². The summed E-state index contributed by atoms with van der Waals surface area (Å²) in [4.78, 5) is 11.2. The lowest BCUT2D eigenvalue weighted by molar-refractivity contribution is -0.138. The number of hydrogen-bond donors (Lipinski definition) is 2. The number of carbonyl (C=O) groups is 1. The van der Waals surface area contributed by atoms with E-state index in [-0.39, 0.29) is 5.97 Å². The number of ether oxygens (including phenoxy) is 1. The maximum atomic E-state index is 11.2. The molecule has 0 saturated heterocycles. The molecule has 0 amide bonds. The normalized spacial score (nSPS) is 18.4. The van der Waals surface area contributed by atoms with Gasteiger partial charge in [0.05, 0.1) is 12.2 Å². The van der Waals surface area contributed by atoms with E-state index >= 15 is 0 Å². The Morgan fingerprint density at radius 2 is 2.12 bits per heavy atom. The van der Waals surface area contributed by atoms with Gasteiger partial charge in [0.2, 0.25) is 0 Å². The predicted octanol–water partition coefficient (Wildman–Crippen LogP) is 1.00. The second kappa shape index (κ2) is 6.01. The summed E-state index contributed by atoms with van der Waals surface area (Å²) in [5.74, 6) is -0.367. The molecule has 0 atom stereocenters. The third kappa shape index (κ3) is 3.94. The van der Waals surface area contributed by atoms with E-state index in [1.165, 1.54) is 0 Å². The van der Waals surface area contributed by atoms with Crippen molar-refractivity contribution in [2.45, 2.75) is 38.2 Å². The van der Waals surface area contributed by atoms with Crippen LogP contribution in [0.5, 0.6) is 0 Å². The molecule has 1 saturated carbocycles. The molecule has 1 fully saturated rings. The molecule has 0 aromatic rings. The van der Waals surface area contributed by atoms with Gasteiger partial charge in [-0.05, 0) is 19.8 Å². The van der Waals surface area contributed by atoms with Gasteiger partial charge < -0.3 is 15.2 Å². The second-order valence-electron chi connectivity index (χ2n) is 4.36. The van der Waals surface area contributed by atoms with E-state index in [0.717, 1.165) is 25.7 Å². The number of nitrogens with one attached hydrogen (secondary N) is 1. The summed E-state index contributed by atoms with van der Waals surface area (Å²) in [6.45, 7) is 6.66. The fourth-order valence-electron chi connectivity index (χ4n) is 1.96. The Bertz CT molecular complexity index is 257. The molecule has 0 aromatic heterocycles. The van der Waals surface area contributed by atoms with Gasteiger partial charge in [-0.15, -0.1) is 0 Å². The monoisotopic (exact) mass is 227 g/mol. The Morgan fingerprint density at radius 3 is 2.69 bits per heavy atom. The van der Waals surface area contributed by atoms with Gasteiger partial charge in [0.15, 0.2) is 0 Å². The number of carbonyl (C=O) groups excluding carboxylic acids is 1. The largest absolute Gasteiger partial charge is 0.463 e.